The fourth-order valence-corrected chi connectivity index (χ4v) is 0.790. The van der Waals surface area contributed by atoms with Gasteiger partial charge in [-0.1, -0.05) is 13.3 Å². The molecule has 0 aromatic rings. The summed E-state index contributed by atoms with van der Waals surface area (Å²) in [4.78, 5) is 10.8. The Morgan fingerprint density at radius 2 is 2.25 bits per heavy atom. The van der Waals surface area contributed by atoms with Gasteiger partial charge in [-0.25, -0.2) is 4.79 Å². The first-order chi connectivity index (χ1) is 5.56. The van der Waals surface area contributed by atoms with Crippen LogP contribution in [0.5, 0.6) is 0 Å². The van der Waals surface area contributed by atoms with E-state index in [0.717, 1.165) is 12.5 Å². The van der Waals surface area contributed by atoms with E-state index in [9.17, 15) is 4.79 Å². The largest absolute Gasteiger partial charge is 0.433 e. The third kappa shape index (κ3) is 6.57. The first kappa shape index (κ1) is 11.9. The lowest BCUT2D eigenvalue weighted by molar-refractivity contribution is -0.162. The van der Waals surface area contributed by atoms with Crippen LogP contribution in [-0.4, -0.2) is 17.4 Å². The lowest BCUT2D eigenvalue weighted by Gasteiger charge is -2.08. The van der Waals surface area contributed by atoms with E-state index >= 15 is 0 Å². The summed E-state index contributed by atoms with van der Waals surface area (Å²) in [7, 11) is 0. The zero-order chi connectivity index (χ0) is 9.56. The van der Waals surface area contributed by atoms with Crippen LogP contribution < -0.4 is 0 Å². The monoisotopic (exact) mass is 208 g/mol. The quantitative estimate of drug-likeness (QED) is 0.283. The molecule has 5 heteroatoms. The number of hydrogen-bond acceptors (Lipinski definition) is 5. The summed E-state index contributed by atoms with van der Waals surface area (Å²) in [5.74, 6) is -0.629. The second kappa shape index (κ2) is 6.39. The van der Waals surface area contributed by atoms with E-state index in [-0.39, 0.29) is 4.24 Å². The number of aliphatic hydroxyl groups is 1. The Morgan fingerprint density at radius 3 is 2.67 bits per heavy atom. The molecule has 0 heterocycles. The molecule has 70 valence electrons. The lowest BCUT2D eigenvalue weighted by atomic mass is 10.3. The van der Waals surface area contributed by atoms with Crippen LogP contribution in [0.2, 0.25) is 0 Å². The Hall–Kier alpha value is -0.130. The Bertz CT molecular complexity index is 175. The molecule has 0 aromatic heterocycles. The maximum absolute atomic E-state index is 10.8. The minimum Gasteiger partial charge on any atom is -0.433 e. The average molecular weight is 208 g/mol. The zero-order valence-electron chi connectivity index (χ0n) is 6.73. The van der Waals surface area contributed by atoms with Gasteiger partial charge in [-0.15, -0.1) is 25.3 Å². The molecule has 1 unspecified atom stereocenters. The number of rotatable bonds is 4. The van der Waals surface area contributed by atoms with E-state index in [0.29, 0.717) is 6.42 Å². The summed E-state index contributed by atoms with van der Waals surface area (Å²) in [6, 6.07) is 0. The van der Waals surface area contributed by atoms with E-state index in [4.69, 9.17) is 5.11 Å². The van der Waals surface area contributed by atoms with Gasteiger partial charge in [0.1, 0.15) is 0 Å². The van der Waals surface area contributed by atoms with E-state index < -0.39 is 12.3 Å². The molecule has 0 aliphatic rings. The molecule has 3 nitrogen and oxygen atoms in total. The Morgan fingerprint density at radius 1 is 1.67 bits per heavy atom. The summed E-state index contributed by atoms with van der Waals surface area (Å²) in [6.45, 7) is 1.88. The summed E-state index contributed by atoms with van der Waals surface area (Å²) in [5.41, 5.74) is 0. The maximum Gasteiger partial charge on any atom is 0.334 e. The Balaban J connectivity index is 3.77. The van der Waals surface area contributed by atoms with Crippen LogP contribution in [0.1, 0.15) is 19.8 Å². The highest BCUT2D eigenvalue weighted by Gasteiger charge is 2.06. The molecule has 0 fully saturated rings. The highest BCUT2D eigenvalue weighted by molar-refractivity contribution is 8.05. The van der Waals surface area contributed by atoms with Gasteiger partial charge < -0.3 is 9.84 Å². The predicted molar refractivity (Wildman–Crippen MR) is 53.1 cm³/mol. The van der Waals surface area contributed by atoms with Crippen LogP contribution in [0, 0.1) is 0 Å². The number of aliphatic hydroxyl groups excluding tert-OH is 1. The van der Waals surface area contributed by atoms with Gasteiger partial charge in [-0.3, -0.25) is 0 Å². The van der Waals surface area contributed by atoms with Gasteiger partial charge in [0.05, 0.1) is 0 Å². The number of thiol groups is 2. The van der Waals surface area contributed by atoms with Gasteiger partial charge in [-0.2, -0.15) is 0 Å². The lowest BCUT2D eigenvalue weighted by Crippen LogP contribution is -2.15. The third-order valence-electron chi connectivity index (χ3n) is 1.03. The van der Waals surface area contributed by atoms with E-state index in [1.165, 1.54) is 0 Å². The molecule has 1 N–H and O–H groups in total. The van der Waals surface area contributed by atoms with Crippen LogP contribution in [0.15, 0.2) is 10.3 Å². The molecule has 0 aliphatic carbocycles. The third-order valence-corrected chi connectivity index (χ3v) is 1.29. The predicted octanol–water partition coefficient (Wildman–Crippen LogP) is 1.35. The van der Waals surface area contributed by atoms with Gasteiger partial charge >= 0.3 is 5.97 Å². The highest BCUT2D eigenvalue weighted by atomic mass is 32.2. The molecular weight excluding hydrogens is 196 g/mol. The van der Waals surface area contributed by atoms with Crippen molar-refractivity contribution in [2.75, 3.05) is 0 Å². The molecule has 12 heavy (non-hydrogen) atoms. The molecule has 0 radical (unpaired) electrons. The molecular formula is C7H12O3S2. The summed E-state index contributed by atoms with van der Waals surface area (Å²) < 4.78 is 4.80. The van der Waals surface area contributed by atoms with Crippen molar-refractivity contribution >= 4 is 31.2 Å². The SMILES string of the molecule is CCCC(O)OC(=O)C=C(S)S. The van der Waals surface area contributed by atoms with E-state index in [1.807, 2.05) is 6.92 Å². The van der Waals surface area contributed by atoms with E-state index in [1.54, 1.807) is 0 Å². The molecule has 0 aromatic carbocycles. The molecule has 0 bridgehead atoms. The summed E-state index contributed by atoms with van der Waals surface area (Å²) >= 11 is 7.51. The van der Waals surface area contributed by atoms with Crippen molar-refractivity contribution in [2.24, 2.45) is 0 Å². The highest BCUT2D eigenvalue weighted by Crippen LogP contribution is 2.06. The van der Waals surface area contributed by atoms with Crippen molar-refractivity contribution in [1.82, 2.24) is 0 Å². The minimum absolute atomic E-state index is 0.253. The molecule has 0 amide bonds. The average Bonchev–Trinajstić information content (AvgIpc) is 1.84. The van der Waals surface area contributed by atoms with Gasteiger partial charge in [0.2, 0.25) is 6.29 Å². The first-order valence-electron chi connectivity index (χ1n) is 3.54. The minimum atomic E-state index is -1.03. The van der Waals surface area contributed by atoms with Crippen molar-refractivity contribution in [3.05, 3.63) is 10.3 Å². The van der Waals surface area contributed by atoms with Gasteiger partial charge in [0.25, 0.3) is 0 Å². The molecule has 1 atom stereocenters. The van der Waals surface area contributed by atoms with Crippen LogP contribution >= 0.6 is 25.3 Å². The molecule has 0 rings (SSSR count). The topological polar surface area (TPSA) is 46.5 Å². The van der Waals surface area contributed by atoms with Crippen LogP contribution in [-0.2, 0) is 9.53 Å². The second-order valence-electron chi connectivity index (χ2n) is 2.18. The number of carbonyl (C=O) groups is 1. The van der Waals surface area contributed by atoms with Gasteiger partial charge in [-0.05, 0) is 0 Å². The molecule has 0 saturated carbocycles. The Kier molecular flexibility index (Phi) is 6.32. The van der Waals surface area contributed by atoms with Gasteiger partial charge in [0, 0.05) is 16.7 Å². The second-order valence-corrected chi connectivity index (χ2v) is 3.50. The molecule has 0 saturated heterocycles. The van der Waals surface area contributed by atoms with Gasteiger partial charge in [0.15, 0.2) is 0 Å². The molecule has 0 aliphatic heterocycles. The van der Waals surface area contributed by atoms with Crippen molar-refractivity contribution in [3.8, 4) is 0 Å². The zero-order valence-corrected chi connectivity index (χ0v) is 8.52. The normalized spacial score (nSPS) is 12.0. The van der Waals surface area contributed by atoms with Crippen molar-refractivity contribution in [2.45, 2.75) is 26.1 Å². The van der Waals surface area contributed by atoms with Crippen molar-refractivity contribution < 1.29 is 14.6 Å². The maximum atomic E-state index is 10.8. The van der Waals surface area contributed by atoms with Crippen LogP contribution in [0.3, 0.4) is 0 Å². The van der Waals surface area contributed by atoms with Crippen LogP contribution in [0.4, 0.5) is 0 Å². The summed E-state index contributed by atoms with van der Waals surface area (Å²) in [5, 5.41) is 9.01. The number of hydrogen-bond donors (Lipinski definition) is 3. The van der Waals surface area contributed by atoms with Crippen LogP contribution in [0.25, 0.3) is 0 Å². The summed E-state index contributed by atoms with van der Waals surface area (Å²) in [6.07, 6.45) is 1.26. The fourth-order valence-electron chi connectivity index (χ4n) is 0.579. The fraction of sp³-hybridized carbons (Fsp3) is 0.571. The number of carbonyl (C=O) groups excluding carboxylic acids is 1. The molecule has 0 spiro atoms. The van der Waals surface area contributed by atoms with Crippen molar-refractivity contribution in [3.63, 3.8) is 0 Å². The Labute approximate surface area is 82.6 Å². The number of ether oxygens (including phenoxy) is 1. The smallest absolute Gasteiger partial charge is 0.334 e. The van der Waals surface area contributed by atoms with Crippen molar-refractivity contribution in [1.29, 1.82) is 0 Å². The first-order valence-corrected chi connectivity index (χ1v) is 4.44. The number of esters is 1. The standard InChI is InChI=1S/C7H12O3S2/c1-2-3-5(8)10-6(9)4-7(11)12/h4-5,8,11-12H,2-3H2,1H3. The van der Waals surface area contributed by atoms with E-state index in [2.05, 4.69) is 30.0 Å².